The minimum absolute atomic E-state index is 0.285. The first kappa shape index (κ1) is 12.4. The van der Waals surface area contributed by atoms with Crippen molar-refractivity contribution in [3.05, 3.63) is 29.6 Å². The highest BCUT2D eigenvalue weighted by atomic mass is 32.2. The summed E-state index contributed by atoms with van der Waals surface area (Å²) >= 11 is 0. The number of fused-ring (bicyclic) bond motifs is 1. The molecule has 0 fully saturated rings. The number of aromatic amines is 1. The topological polar surface area (TPSA) is 83.9 Å². The van der Waals surface area contributed by atoms with E-state index in [9.17, 15) is 8.42 Å². The Morgan fingerprint density at radius 1 is 1.32 bits per heavy atom. The molecule has 2 aromatic rings. The zero-order valence-corrected chi connectivity index (χ0v) is 11.6. The molecule has 0 bridgehead atoms. The quantitative estimate of drug-likeness (QED) is 0.865. The third kappa shape index (κ3) is 1.87. The second kappa shape index (κ2) is 4.17. The van der Waals surface area contributed by atoms with Gasteiger partial charge in [-0.15, -0.1) is 0 Å². The average Bonchev–Trinajstić information content (AvgIpc) is 2.95. The molecule has 1 aliphatic heterocycles. The normalized spacial score (nSPS) is 16.5. The molecule has 0 spiro atoms. The fourth-order valence-electron chi connectivity index (χ4n) is 2.41. The average molecular weight is 281 g/mol. The zero-order chi connectivity index (χ0) is 13.6. The highest BCUT2D eigenvalue weighted by Crippen LogP contribution is 2.24. The monoisotopic (exact) mass is 281 g/mol. The Bertz CT molecular complexity index is 696. The van der Waals surface area contributed by atoms with E-state index in [-0.39, 0.29) is 4.90 Å². The molecule has 3 heterocycles. The maximum atomic E-state index is 12.7. The number of nitrogens with zero attached hydrogens (tertiary/aromatic N) is 4. The Morgan fingerprint density at radius 3 is 2.79 bits per heavy atom. The molecule has 19 heavy (non-hydrogen) atoms. The van der Waals surface area contributed by atoms with E-state index in [2.05, 4.69) is 15.2 Å². The third-order valence-corrected chi connectivity index (χ3v) is 5.48. The molecule has 0 saturated carbocycles. The van der Waals surface area contributed by atoms with Crippen molar-refractivity contribution in [2.75, 3.05) is 6.54 Å². The van der Waals surface area contributed by atoms with E-state index < -0.39 is 10.0 Å². The van der Waals surface area contributed by atoms with Gasteiger partial charge in [0.15, 0.2) is 0 Å². The number of hydrogen-bond donors (Lipinski definition) is 1. The van der Waals surface area contributed by atoms with Gasteiger partial charge in [0.1, 0.15) is 10.7 Å². The van der Waals surface area contributed by atoms with E-state index >= 15 is 0 Å². The van der Waals surface area contributed by atoms with Crippen LogP contribution in [0.15, 0.2) is 17.3 Å². The van der Waals surface area contributed by atoms with E-state index in [4.69, 9.17) is 0 Å². The molecule has 0 amide bonds. The Kier molecular flexibility index (Phi) is 2.72. The van der Waals surface area contributed by atoms with Gasteiger partial charge in [-0.1, -0.05) is 0 Å². The van der Waals surface area contributed by atoms with Gasteiger partial charge in [0.05, 0.1) is 17.9 Å². The SMILES string of the molecule is Cc1n[nH]c(C)c1S(=O)(=O)N1CCn2ccnc2C1. The number of rotatable bonds is 2. The molecule has 0 atom stereocenters. The van der Waals surface area contributed by atoms with Crippen LogP contribution in [-0.4, -0.2) is 39.0 Å². The fraction of sp³-hybridized carbons (Fsp3) is 0.455. The van der Waals surface area contributed by atoms with Crippen LogP contribution in [-0.2, 0) is 23.1 Å². The maximum Gasteiger partial charge on any atom is 0.247 e. The number of H-pyrrole nitrogens is 1. The number of nitrogens with one attached hydrogen (secondary N) is 1. The van der Waals surface area contributed by atoms with Gasteiger partial charge >= 0.3 is 0 Å². The summed E-state index contributed by atoms with van der Waals surface area (Å²) in [5, 5.41) is 6.68. The minimum atomic E-state index is -3.51. The smallest absolute Gasteiger partial charge is 0.247 e. The van der Waals surface area contributed by atoms with Crippen LogP contribution < -0.4 is 0 Å². The van der Waals surface area contributed by atoms with E-state index in [0.29, 0.717) is 31.0 Å². The fourth-order valence-corrected chi connectivity index (χ4v) is 4.12. The highest BCUT2D eigenvalue weighted by Gasteiger charge is 2.32. The molecule has 0 aliphatic carbocycles. The van der Waals surface area contributed by atoms with Crippen LogP contribution >= 0.6 is 0 Å². The van der Waals surface area contributed by atoms with E-state index in [1.54, 1.807) is 20.0 Å². The number of sulfonamides is 1. The molecular formula is C11H15N5O2S. The first-order chi connectivity index (χ1) is 9.00. The summed E-state index contributed by atoms with van der Waals surface area (Å²) in [7, 11) is -3.51. The van der Waals surface area contributed by atoms with E-state index in [0.717, 1.165) is 5.82 Å². The van der Waals surface area contributed by atoms with Crippen LogP contribution in [0.3, 0.4) is 0 Å². The molecule has 1 aliphatic rings. The highest BCUT2D eigenvalue weighted by molar-refractivity contribution is 7.89. The van der Waals surface area contributed by atoms with Crippen molar-refractivity contribution < 1.29 is 8.42 Å². The Hall–Kier alpha value is -1.67. The molecule has 0 aromatic carbocycles. The molecule has 7 nitrogen and oxygen atoms in total. The molecule has 1 N–H and O–H groups in total. The van der Waals surface area contributed by atoms with Gasteiger partial charge in [0.2, 0.25) is 10.0 Å². The minimum Gasteiger partial charge on any atom is -0.333 e. The van der Waals surface area contributed by atoms with Gasteiger partial charge in [-0.3, -0.25) is 5.10 Å². The van der Waals surface area contributed by atoms with Gasteiger partial charge in [0.25, 0.3) is 0 Å². The Balaban J connectivity index is 1.99. The first-order valence-corrected chi connectivity index (χ1v) is 7.46. The summed E-state index contributed by atoms with van der Waals surface area (Å²) in [6, 6.07) is 0. The second-order valence-corrected chi connectivity index (χ2v) is 6.51. The molecule has 8 heteroatoms. The molecule has 0 unspecified atom stereocenters. The second-order valence-electron chi connectivity index (χ2n) is 4.64. The summed E-state index contributed by atoms with van der Waals surface area (Å²) in [5.41, 5.74) is 1.08. The van der Waals surface area contributed by atoms with Crippen molar-refractivity contribution in [3.8, 4) is 0 Å². The predicted molar refractivity (Wildman–Crippen MR) is 67.9 cm³/mol. The Morgan fingerprint density at radius 2 is 2.11 bits per heavy atom. The van der Waals surface area contributed by atoms with Crippen molar-refractivity contribution >= 4 is 10.0 Å². The number of hydrogen-bond acceptors (Lipinski definition) is 4. The lowest BCUT2D eigenvalue weighted by molar-refractivity contribution is 0.335. The standard InChI is InChI=1S/C11H15N5O2S/c1-8-11(9(2)14-13-8)19(17,18)16-6-5-15-4-3-12-10(15)7-16/h3-4H,5-7H2,1-2H3,(H,13,14). The van der Waals surface area contributed by atoms with Gasteiger partial charge in [-0.05, 0) is 13.8 Å². The predicted octanol–water partition coefficient (Wildman–Crippen LogP) is 0.428. The van der Waals surface area contributed by atoms with Gasteiger partial charge in [-0.2, -0.15) is 9.40 Å². The lowest BCUT2D eigenvalue weighted by atomic mass is 10.4. The number of aromatic nitrogens is 4. The summed E-state index contributed by atoms with van der Waals surface area (Å²) in [5.74, 6) is 0.772. The van der Waals surface area contributed by atoms with Gasteiger partial charge < -0.3 is 4.57 Å². The van der Waals surface area contributed by atoms with Crippen LogP contribution in [0.5, 0.6) is 0 Å². The lowest BCUT2D eigenvalue weighted by Gasteiger charge is -2.26. The van der Waals surface area contributed by atoms with Crippen molar-refractivity contribution in [1.82, 2.24) is 24.1 Å². The maximum absolute atomic E-state index is 12.7. The van der Waals surface area contributed by atoms with E-state index in [1.807, 2.05) is 10.8 Å². The molecule has 3 rings (SSSR count). The van der Waals surface area contributed by atoms with Crippen molar-refractivity contribution in [1.29, 1.82) is 0 Å². The first-order valence-electron chi connectivity index (χ1n) is 6.02. The van der Waals surface area contributed by atoms with Crippen molar-refractivity contribution in [2.45, 2.75) is 31.8 Å². The molecule has 102 valence electrons. The van der Waals surface area contributed by atoms with Gasteiger partial charge in [0, 0.05) is 25.5 Å². The third-order valence-electron chi connectivity index (χ3n) is 3.37. The Labute approximate surface area is 111 Å². The molecular weight excluding hydrogens is 266 g/mol. The van der Waals surface area contributed by atoms with Crippen LogP contribution in [0.1, 0.15) is 17.2 Å². The molecule has 2 aromatic heterocycles. The van der Waals surface area contributed by atoms with Crippen molar-refractivity contribution in [2.24, 2.45) is 0 Å². The van der Waals surface area contributed by atoms with Crippen LogP contribution in [0.4, 0.5) is 0 Å². The summed E-state index contributed by atoms with van der Waals surface area (Å²) in [6.07, 6.45) is 3.56. The van der Waals surface area contributed by atoms with Crippen LogP contribution in [0.25, 0.3) is 0 Å². The van der Waals surface area contributed by atoms with Gasteiger partial charge in [-0.25, -0.2) is 13.4 Å². The lowest BCUT2D eigenvalue weighted by Crippen LogP contribution is -2.38. The molecule has 0 saturated heterocycles. The van der Waals surface area contributed by atoms with Crippen LogP contribution in [0.2, 0.25) is 0 Å². The zero-order valence-electron chi connectivity index (χ0n) is 10.8. The van der Waals surface area contributed by atoms with Crippen LogP contribution in [0, 0.1) is 13.8 Å². The number of imidazole rings is 1. The number of aryl methyl sites for hydroxylation is 2. The summed E-state index contributed by atoms with van der Waals surface area (Å²) in [4.78, 5) is 4.46. The van der Waals surface area contributed by atoms with Crippen molar-refractivity contribution in [3.63, 3.8) is 0 Å². The summed E-state index contributed by atoms with van der Waals surface area (Å²) < 4.78 is 28.7. The largest absolute Gasteiger partial charge is 0.333 e. The summed E-state index contributed by atoms with van der Waals surface area (Å²) in [6.45, 7) is 4.80. The molecule has 0 radical (unpaired) electrons. The van der Waals surface area contributed by atoms with E-state index in [1.165, 1.54) is 4.31 Å².